The minimum Gasteiger partial charge on any atom is -0.464 e. The van der Waals surface area contributed by atoms with Crippen LogP contribution in [0, 0.1) is 6.07 Å². The van der Waals surface area contributed by atoms with Crippen molar-refractivity contribution in [2.45, 2.75) is 0 Å². The molecule has 1 aromatic rings. The van der Waals surface area contributed by atoms with Crippen LogP contribution in [0.5, 0.6) is 0 Å². The van der Waals surface area contributed by atoms with Gasteiger partial charge in [-0.25, -0.2) is 9.78 Å². The van der Waals surface area contributed by atoms with E-state index in [4.69, 9.17) is 0 Å². The van der Waals surface area contributed by atoms with Crippen LogP contribution in [0.25, 0.3) is 0 Å². The van der Waals surface area contributed by atoms with Crippen LogP contribution in [0.2, 0.25) is 0 Å². The maximum Gasteiger partial charge on any atom is 0.356 e. The van der Waals surface area contributed by atoms with Crippen molar-refractivity contribution < 1.29 is 9.53 Å². The number of aromatic nitrogens is 1. The Morgan fingerprint density at radius 2 is 2.60 bits per heavy atom. The number of carbonyl (C=O) groups excluding carboxylic acids is 1. The second-order valence-electron chi connectivity index (χ2n) is 1.63. The number of hydrogen-bond acceptors (Lipinski definition) is 3. The first-order valence-electron chi connectivity index (χ1n) is 2.75. The summed E-state index contributed by atoms with van der Waals surface area (Å²) in [5.74, 6) is -0.433. The molecule has 1 rings (SSSR count). The third kappa shape index (κ3) is 1.31. The topological polar surface area (TPSA) is 39.2 Å². The average Bonchev–Trinajstić information content (AvgIpc) is 2.05. The highest BCUT2D eigenvalue weighted by molar-refractivity contribution is 5.86. The molecule has 0 unspecified atom stereocenters. The first kappa shape index (κ1) is 6.74. The third-order valence-electron chi connectivity index (χ3n) is 0.999. The number of hydrogen-bond donors (Lipinski definition) is 0. The molecule has 0 saturated carbocycles. The molecule has 0 N–H and O–H groups in total. The van der Waals surface area contributed by atoms with E-state index in [1.165, 1.54) is 19.4 Å². The average molecular weight is 136 g/mol. The van der Waals surface area contributed by atoms with E-state index in [9.17, 15) is 4.79 Å². The number of rotatable bonds is 1. The van der Waals surface area contributed by atoms with E-state index >= 15 is 0 Å². The summed E-state index contributed by atoms with van der Waals surface area (Å²) in [7, 11) is 1.32. The Morgan fingerprint density at radius 1 is 1.80 bits per heavy atom. The van der Waals surface area contributed by atoms with Gasteiger partial charge in [0.1, 0.15) is 5.69 Å². The summed E-state index contributed by atoms with van der Waals surface area (Å²) in [5.41, 5.74) is 0.282. The van der Waals surface area contributed by atoms with Gasteiger partial charge in [-0.1, -0.05) is 0 Å². The molecule has 0 aromatic carbocycles. The maximum atomic E-state index is 10.7. The van der Waals surface area contributed by atoms with Crippen LogP contribution in [0.15, 0.2) is 18.3 Å². The van der Waals surface area contributed by atoms with Crippen molar-refractivity contribution in [2.24, 2.45) is 0 Å². The summed E-state index contributed by atoms with van der Waals surface area (Å²) in [6, 6.07) is 5.81. The zero-order valence-corrected chi connectivity index (χ0v) is 5.50. The molecule has 1 heterocycles. The fourth-order valence-electron chi connectivity index (χ4n) is 0.541. The Balaban J connectivity index is 2.85. The van der Waals surface area contributed by atoms with E-state index in [1.54, 1.807) is 6.07 Å². The van der Waals surface area contributed by atoms with Crippen LogP contribution in [0.3, 0.4) is 0 Å². The van der Waals surface area contributed by atoms with Gasteiger partial charge in [-0.05, 0) is 18.2 Å². The van der Waals surface area contributed by atoms with Crippen LogP contribution in [-0.4, -0.2) is 18.1 Å². The summed E-state index contributed by atoms with van der Waals surface area (Å²) >= 11 is 0. The molecule has 0 aliphatic carbocycles. The molecule has 0 atom stereocenters. The third-order valence-corrected chi connectivity index (χ3v) is 0.999. The van der Waals surface area contributed by atoms with Crippen LogP contribution in [-0.2, 0) is 4.74 Å². The lowest BCUT2D eigenvalue weighted by atomic mass is 10.4. The molecular weight excluding hydrogens is 130 g/mol. The van der Waals surface area contributed by atoms with E-state index in [2.05, 4.69) is 15.8 Å². The lowest BCUT2D eigenvalue weighted by Gasteiger charge is -1.94. The fourth-order valence-corrected chi connectivity index (χ4v) is 0.541. The predicted octanol–water partition coefficient (Wildman–Crippen LogP) is 0.668. The SMILES string of the molecule is COC(=O)c1c[c]ccn1. The van der Waals surface area contributed by atoms with Gasteiger partial charge in [0.2, 0.25) is 0 Å². The second-order valence-corrected chi connectivity index (χ2v) is 1.63. The van der Waals surface area contributed by atoms with Crippen molar-refractivity contribution in [1.29, 1.82) is 0 Å². The first-order chi connectivity index (χ1) is 4.84. The molecule has 10 heavy (non-hydrogen) atoms. The first-order valence-corrected chi connectivity index (χ1v) is 2.75. The standard InChI is InChI=1S/C7H6NO2/c1-10-7(9)6-4-2-3-5-8-6/h3-5H,1H3. The Morgan fingerprint density at radius 3 is 3.10 bits per heavy atom. The number of ether oxygens (including phenoxy) is 1. The van der Waals surface area contributed by atoms with E-state index in [1.807, 2.05) is 0 Å². The van der Waals surface area contributed by atoms with Crippen molar-refractivity contribution in [3.8, 4) is 0 Å². The molecule has 0 amide bonds. The summed E-state index contributed by atoms with van der Waals surface area (Å²) < 4.78 is 4.41. The summed E-state index contributed by atoms with van der Waals surface area (Å²) in [4.78, 5) is 14.5. The molecule has 0 aliphatic rings. The van der Waals surface area contributed by atoms with Crippen molar-refractivity contribution in [1.82, 2.24) is 4.98 Å². The van der Waals surface area contributed by atoms with Gasteiger partial charge in [0.25, 0.3) is 0 Å². The van der Waals surface area contributed by atoms with Crippen molar-refractivity contribution in [3.63, 3.8) is 0 Å². The maximum absolute atomic E-state index is 10.7. The normalized spacial score (nSPS) is 8.90. The number of carbonyl (C=O) groups is 1. The van der Waals surface area contributed by atoms with Gasteiger partial charge >= 0.3 is 5.97 Å². The van der Waals surface area contributed by atoms with Gasteiger partial charge in [0, 0.05) is 6.20 Å². The van der Waals surface area contributed by atoms with Gasteiger partial charge < -0.3 is 4.74 Å². The van der Waals surface area contributed by atoms with Gasteiger partial charge in [-0.2, -0.15) is 0 Å². The van der Waals surface area contributed by atoms with Gasteiger partial charge in [-0.15, -0.1) is 0 Å². The van der Waals surface area contributed by atoms with E-state index in [-0.39, 0.29) is 5.69 Å². The van der Waals surface area contributed by atoms with E-state index < -0.39 is 5.97 Å². The molecule has 1 radical (unpaired) electrons. The van der Waals surface area contributed by atoms with E-state index in [0.717, 1.165) is 0 Å². The molecule has 0 fully saturated rings. The highest BCUT2D eigenvalue weighted by Crippen LogP contribution is 1.93. The van der Waals surface area contributed by atoms with Crippen LogP contribution < -0.4 is 0 Å². The number of pyridine rings is 1. The summed E-state index contributed by atoms with van der Waals surface area (Å²) in [6.45, 7) is 0. The number of esters is 1. The molecular formula is C7H6NO2. The molecule has 0 saturated heterocycles. The minimum atomic E-state index is -0.433. The zero-order valence-electron chi connectivity index (χ0n) is 5.50. The molecule has 3 heteroatoms. The Labute approximate surface area is 58.7 Å². The lowest BCUT2D eigenvalue weighted by Crippen LogP contribution is -2.02. The molecule has 0 spiro atoms. The van der Waals surface area contributed by atoms with Crippen LogP contribution >= 0.6 is 0 Å². The highest BCUT2D eigenvalue weighted by atomic mass is 16.5. The Bertz CT molecular complexity index is 220. The molecule has 0 aliphatic heterocycles. The van der Waals surface area contributed by atoms with Crippen molar-refractivity contribution in [2.75, 3.05) is 7.11 Å². The monoisotopic (exact) mass is 136 g/mol. The quantitative estimate of drug-likeness (QED) is 0.532. The smallest absolute Gasteiger partial charge is 0.356 e. The lowest BCUT2D eigenvalue weighted by molar-refractivity contribution is 0.0594. The Kier molecular flexibility index (Phi) is 1.99. The van der Waals surface area contributed by atoms with Gasteiger partial charge in [0.05, 0.1) is 7.11 Å². The summed E-state index contributed by atoms with van der Waals surface area (Å²) in [6.07, 6.45) is 1.49. The molecule has 0 bridgehead atoms. The van der Waals surface area contributed by atoms with Crippen molar-refractivity contribution >= 4 is 5.97 Å². The van der Waals surface area contributed by atoms with Crippen molar-refractivity contribution in [3.05, 3.63) is 30.1 Å². The fraction of sp³-hybridized carbons (Fsp3) is 0.143. The Hall–Kier alpha value is -1.38. The predicted molar refractivity (Wildman–Crippen MR) is 34.4 cm³/mol. The number of methoxy groups -OCH3 is 1. The molecule has 3 nitrogen and oxygen atoms in total. The highest BCUT2D eigenvalue weighted by Gasteiger charge is 2.02. The second kappa shape index (κ2) is 2.96. The number of nitrogens with zero attached hydrogens (tertiary/aromatic N) is 1. The van der Waals surface area contributed by atoms with Gasteiger partial charge in [0.15, 0.2) is 0 Å². The van der Waals surface area contributed by atoms with Gasteiger partial charge in [-0.3, -0.25) is 0 Å². The summed E-state index contributed by atoms with van der Waals surface area (Å²) in [5, 5.41) is 0. The molecule has 51 valence electrons. The van der Waals surface area contributed by atoms with Crippen LogP contribution in [0.4, 0.5) is 0 Å². The molecule has 1 aromatic heterocycles. The largest absolute Gasteiger partial charge is 0.464 e. The van der Waals surface area contributed by atoms with Crippen LogP contribution in [0.1, 0.15) is 10.5 Å². The van der Waals surface area contributed by atoms with E-state index in [0.29, 0.717) is 0 Å². The zero-order chi connectivity index (χ0) is 7.40. The minimum absolute atomic E-state index is 0.282.